The number of rotatable bonds is 2. The Bertz CT molecular complexity index is 554. The predicted molar refractivity (Wildman–Crippen MR) is 93.6 cm³/mol. The molecule has 0 spiro atoms. The van der Waals surface area contributed by atoms with Gasteiger partial charge in [-0.3, -0.25) is 4.79 Å². The van der Waals surface area contributed by atoms with Gasteiger partial charge in [0.15, 0.2) is 0 Å². The van der Waals surface area contributed by atoms with Gasteiger partial charge in [0.1, 0.15) is 0 Å². The van der Waals surface area contributed by atoms with Crippen molar-refractivity contribution in [3.8, 4) is 0 Å². The van der Waals surface area contributed by atoms with Gasteiger partial charge in [0.25, 0.3) is 0 Å². The van der Waals surface area contributed by atoms with E-state index in [0.29, 0.717) is 17.7 Å². The molecule has 1 aromatic rings. The highest BCUT2D eigenvalue weighted by Crippen LogP contribution is 2.44. The highest BCUT2D eigenvalue weighted by Gasteiger charge is 2.40. The molecule has 0 N–H and O–H groups in total. The first kappa shape index (κ1) is 15.9. The molecule has 0 aromatic carbocycles. The van der Waals surface area contributed by atoms with Crippen LogP contribution in [0.5, 0.6) is 0 Å². The van der Waals surface area contributed by atoms with E-state index in [1.807, 2.05) is 6.07 Å². The van der Waals surface area contributed by atoms with Crippen LogP contribution < -0.4 is 4.90 Å². The zero-order chi connectivity index (χ0) is 16.4. The molecule has 0 bridgehead atoms. The zero-order valence-corrected chi connectivity index (χ0v) is 14.4. The molecule has 2 heterocycles. The third-order valence-electron chi connectivity index (χ3n) is 6.32. The molecule has 1 amide bonds. The Balaban J connectivity index is 1.37. The van der Waals surface area contributed by atoms with Crippen LogP contribution in [-0.2, 0) is 4.79 Å². The fourth-order valence-electron chi connectivity index (χ4n) is 5.06. The van der Waals surface area contributed by atoms with Crippen molar-refractivity contribution in [3.05, 3.63) is 18.5 Å². The van der Waals surface area contributed by atoms with E-state index in [9.17, 15) is 4.79 Å². The normalized spacial score (nSPS) is 30.8. The monoisotopic (exact) mass is 328 g/mol. The summed E-state index contributed by atoms with van der Waals surface area (Å²) in [7, 11) is 0. The van der Waals surface area contributed by atoms with Gasteiger partial charge >= 0.3 is 0 Å². The van der Waals surface area contributed by atoms with Crippen molar-refractivity contribution in [1.82, 2.24) is 14.9 Å². The number of hydrogen-bond acceptors (Lipinski definition) is 4. The third-order valence-corrected chi connectivity index (χ3v) is 6.32. The molecule has 3 atom stereocenters. The van der Waals surface area contributed by atoms with Crippen LogP contribution in [0.4, 0.5) is 5.95 Å². The summed E-state index contributed by atoms with van der Waals surface area (Å²) in [5, 5.41) is 0. The van der Waals surface area contributed by atoms with Crippen LogP contribution in [0.25, 0.3) is 0 Å². The lowest BCUT2D eigenvalue weighted by Gasteiger charge is -2.43. The van der Waals surface area contributed by atoms with E-state index in [2.05, 4.69) is 19.8 Å². The molecule has 2 aliphatic carbocycles. The number of carbonyl (C=O) groups excluding carboxylic acids is 1. The van der Waals surface area contributed by atoms with Crippen LogP contribution in [0.1, 0.15) is 44.9 Å². The molecular weight excluding hydrogens is 300 g/mol. The molecule has 1 saturated heterocycles. The highest BCUT2D eigenvalue weighted by atomic mass is 16.2. The van der Waals surface area contributed by atoms with E-state index in [1.165, 1.54) is 38.5 Å². The Morgan fingerprint density at radius 2 is 1.62 bits per heavy atom. The largest absolute Gasteiger partial charge is 0.339 e. The van der Waals surface area contributed by atoms with Gasteiger partial charge in [-0.05, 0) is 30.7 Å². The Morgan fingerprint density at radius 1 is 0.917 bits per heavy atom. The minimum Gasteiger partial charge on any atom is -0.339 e. The first-order valence-electron chi connectivity index (χ1n) is 9.63. The Hall–Kier alpha value is -1.65. The SMILES string of the molecule is O=C([C@@H]1CCC[C@H]2CCCC[C@H]21)N1CCN(c2ncccn2)CC1. The first-order chi connectivity index (χ1) is 11.8. The van der Waals surface area contributed by atoms with E-state index >= 15 is 0 Å². The molecule has 24 heavy (non-hydrogen) atoms. The van der Waals surface area contributed by atoms with Crippen LogP contribution in [0, 0.1) is 17.8 Å². The number of nitrogens with zero attached hydrogens (tertiary/aromatic N) is 4. The lowest BCUT2D eigenvalue weighted by molar-refractivity contribution is -0.140. The Morgan fingerprint density at radius 3 is 2.42 bits per heavy atom. The standard InChI is InChI=1S/C19H28N4O/c24-18(17-8-3-6-15-5-1-2-7-16(15)17)22-11-13-23(14-12-22)19-20-9-4-10-21-19/h4,9-10,15-17H,1-3,5-8,11-14H2/t15-,16-,17-/m1/s1. The average molecular weight is 328 g/mol. The smallest absolute Gasteiger partial charge is 0.226 e. The minimum absolute atomic E-state index is 0.295. The molecule has 2 saturated carbocycles. The number of aromatic nitrogens is 2. The molecule has 1 aliphatic heterocycles. The van der Waals surface area contributed by atoms with Crippen LogP contribution >= 0.6 is 0 Å². The number of amides is 1. The Kier molecular flexibility index (Phi) is 4.67. The molecule has 1 aromatic heterocycles. The molecule has 3 fully saturated rings. The summed E-state index contributed by atoms with van der Waals surface area (Å²) in [6.45, 7) is 3.31. The summed E-state index contributed by atoms with van der Waals surface area (Å²) in [6, 6.07) is 1.84. The number of anilines is 1. The van der Waals surface area contributed by atoms with Crippen molar-refractivity contribution >= 4 is 11.9 Å². The van der Waals surface area contributed by atoms with Crippen molar-refractivity contribution < 1.29 is 4.79 Å². The van der Waals surface area contributed by atoms with Crippen molar-refractivity contribution in [3.63, 3.8) is 0 Å². The fraction of sp³-hybridized carbons (Fsp3) is 0.737. The lowest BCUT2D eigenvalue weighted by atomic mass is 9.65. The molecule has 5 heteroatoms. The van der Waals surface area contributed by atoms with Crippen molar-refractivity contribution in [2.24, 2.45) is 17.8 Å². The van der Waals surface area contributed by atoms with E-state index in [0.717, 1.165) is 44.5 Å². The van der Waals surface area contributed by atoms with E-state index in [1.54, 1.807) is 12.4 Å². The second kappa shape index (κ2) is 7.08. The van der Waals surface area contributed by atoms with Gasteiger partial charge in [-0.1, -0.05) is 32.1 Å². The maximum atomic E-state index is 13.1. The maximum Gasteiger partial charge on any atom is 0.226 e. The third kappa shape index (κ3) is 3.13. The van der Waals surface area contributed by atoms with Crippen molar-refractivity contribution in [1.29, 1.82) is 0 Å². The summed E-state index contributed by atoms with van der Waals surface area (Å²) in [5.74, 6) is 2.99. The fourth-order valence-corrected chi connectivity index (χ4v) is 5.06. The number of carbonyl (C=O) groups is 1. The molecule has 0 unspecified atom stereocenters. The van der Waals surface area contributed by atoms with E-state index in [-0.39, 0.29) is 0 Å². The van der Waals surface area contributed by atoms with Gasteiger partial charge in [-0.2, -0.15) is 0 Å². The van der Waals surface area contributed by atoms with Crippen LogP contribution in [0.3, 0.4) is 0 Å². The summed E-state index contributed by atoms with van der Waals surface area (Å²) < 4.78 is 0. The summed E-state index contributed by atoms with van der Waals surface area (Å²) in [6.07, 6.45) is 12.6. The number of hydrogen-bond donors (Lipinski definition) is 0. The Labute approximate surface area is 144 Å². The van der Waals surface area contributed by atoms with Crippen LogP contribution in [0.2, 0.25) is 0 Å². The molecule has 4 rings (SSSR count). The highest BCUT2D eigenvalue weighted by molar-refractivity contribution is 5.79. The van der Waals surface area contributed by atoms with Gasteiger partial charge in [-0.25, -0.2) is 9.97 Å². The van der Waals surface area contributed by atoms with Gasteiger partial charge in [0, 0.05) is 44.5 Å². The van der Waals surface area contributed by atoms with Crippen LogP contribution in [0.15, 0.2) is 18.5 Å². The van der Waals surface area contributed by atoms with Gasteiger partial charge in [0.05, 0.1) is 0 Å². The first-order valence-corrected chi connectivity index (χ1v) is 9.63. The predicted octanol–water partition coefficient (Wildman–Crippen LogP) is 2.73. The van der Waals surface area contributed by atoms with Crippen molar-refractivity contribution in [2.75, 3.05) is 31.1 Å². The molecular formula is C19H28N4O. The van der Waals surface area contributed by atoms with E-state index in [4.69, 9.17) is 0 Å². The summed E-state index contributed by atoms with van der Waals surface area (Å²) >= 11 is 0. The number of fused-ring (bicyclic) bond motifs is 1. The zero-order valence-electron chi connectivity index (χ0n) is 14.4. The minimum atomic E-state index is 0.295. The average Bonchev–Trinajstić information content (AvgIpc) is 2.68. The van der Waals surface area contributed by atoms with Gasteiger partial charge in [-0.15, -0.1) is 0 Å². The van der Waals surface area contributed by atoms with Gasteiger partial charge < -0.3 is 9.80 Å². The summed E-state index contributed by atoms with van der Waals surface area (Å²) in [5.41, 5.74) is 0. The number of piperazine rings is 1. The summed E-state index contributed by atoms with van der Waals surface area (Å²) in [4.78, 5) is 26.1. The lowest BCUT2D eigenvalue weighted by Crippen LogP contribution is -2.52. The van der Waals surface area contributed by atoms with Gasteiger partial charge in [0.2, 0.25) is 11.9 Å². The molecule has 3 aliphatic rings. The second-order valence-corrected chi connectivity index (χ2v) is 7.61. The topological polar surface area (TPSA) is 49.3 Å². The maximum absolute atomic E-state index is 13.1. The van der Waals surface area contributed by atoms with Crippen LogP contribution in [-0.4, -0.2) is 47.0 Å². The molecule has 5 nitrogen and oxygen atoms in total. The van der Waals surface area contributed by atoms with Crippen molar-refractivity contribution in [2.45, 2.75) is 44.9 Å². The second-order valence-electron chi connectivity index (χ2n) is 7.61. The quantitative estimate of drug-likeness (QED) is 0.837. The van der Waals surface area contributed by atoms with E-state index < -0.39 is 0 Å². The molecule has 0 radical (unpaired) electrons. The molecule has 130 valence electrons.